The number of hydroxylamine groups is 2. The Balaban J connectivity index is 1.70. The minimum atomic E-state index is -0.338. The molecule has 3 rings (SSSR count). The van der Waals surface area contributed by atoms with E-state index in [2.05, 4.69) is 5.32 Å². The molecule has 19 heavy (non-hydrogen) atoms. The molecule has 102 valence electrons. The van der Waals surface area contributed by atoms with Crippen molar-refractivity contribution in [1.82, 2.24) is 10.4 Å². The Kier molecular flexibility index (Phi) is 3.42. The molecular formula is C15H20N2O2. The first-order valence-electron chi connectivity index (χ1n) is 7.07. The van der Waals surface area contributed by atoms with Crippen molar-refractivity contribution in [2.24, 2.45) is 0 Å². The van der Waals surface area contributed by atoms with Crippen LogP contribution in [-0.4, -0.2) is 17.1 Å². The summed E-state index contributed by atoms with van der Waals surface area (Å²) in [4.78, 5) is 17.8. The second kappa shape index (κ2) is 5.21. The molecule has 0 bridgehead atoms. The highest BCUT2D eigenvalue weighted by Crippen LogP contribution is 2.29. The zero-order chi connectivity index (χ0) is 13.2. The normalized spacial score (nSPS) is 24.6. The van der Waals surface area contributed by atoms with E-state index >= 15 is 0 Å². The van der Waals surface area contributed by atoms with Gasteiger partial charge in [0.15, 0.2) is 6.23 Å². The molecule has 0 spiro atoms. The van der Waals surface area contributed by atoms with E-state index in [0.717, 1.165) is 18.4 Å². The highest BCUT2D eigenvalue weighted by atomic mass is 16.7. The largest absolute Gasteiger partial charge is 0.344 e. The number of carbonyl (C=O) groups excluding carboxylic acids is 1. The highest BCUT2D eigenvalue weighted by Gasteiger charge is 2.36. The summed E-state index contributed by atoms with van der Waals surface area (Å²) in [7, 11) is 0. The van der Waals surface area contributed by atoms with E-state index in [9.17, 15) is 4.79 Å². The lowest BCUT2D eigenvalue weighted by Gasteiger charge is -2.28. The van der Waals surface area contributed by atoms with E-state index in [-0.39, 0.29) is 18.3 Å². The van der Waals surface area contributed by atoms with E-state index in [0.29, 0.717) is 0 Å². The first-order valence-corrected chi connectivity index (χ1v) is 7.07. The molecule has 2 amide bonds. The van der Waals surface area contributed by atoms with E-state index in [1.807, 2.05) is 31.2 Å². The van der Waals surface area contributed by atoms with E-state index in [1.54, 1.807) is 5.06 Å². The third kappa shape index (κ3) is 2.59. The average molecular weight is 260 g/mol. The van der Waals surface area contributed by atoms with Gasteiger partial charge in [0, 0.05) is 5.56 Å². The second-order valence-electron chi connectivity index (χ2n) is 5.46. The molecule has 1 atom stereocenters. The van der Waals surface area contributed by atoms with Gasteiger partial charge in [-0.3, -0.25) is 0 Å². The van der Waals surface area contributed by atoms with Crippen LogP contribution in [0, 0.1) is 6.92 Å². The summed E-state index contributed by atoms with van der Waals surface area (Å²) in [6.07, 6.45) is 5.41. The predicted molar refractivity (Wildman–Crippen MR) is 72.2 cm³/mol. The van der Waals surface area contributed by atoms with E-state index < -0.39 is 0 Å². The monoisotopic (exact) mass is 260 g/mol. The maximum absolute atomic E-state index is 12.0. The number of carbonyl (C=O) groups is 1. The Labute approximate surface area is 113 Å². The van der Waals surface area contributed by atoms with Gasteiger partial charge in [0.1, 0.15) is 0 Å². The Bertz CT molecular complexity index is 452. The van der Waals surface area contributed by atoms with Crippen LogP contribution in [0.15, 0.2) is 24.3 Å². The van der Waals surface area contributed by atoms with Crippen LogP contribution in [-0.2, 0) is 4.84 Å². The van der Waals surface area contributed by atoms with Crippen molar-refractivity contribution in [1.29, 1.82) is 0 Å². The van der Waals surface area contributed by atoms with E-state index in [4.69, 9.17) is 4.84 Å². The minimum Gasteiger partial charge on any atom is -0.305 e. The Hall–Kier alpha value is -1.55. The van der Waals surface area contributed by atoms with Crippen LogP contribution in [0.4, 0.5) is 4.79 Å². The lowest BCUT2D eigenvalue weighted by atomic mass is 9.95. The van der Waals surface area contributed by atoms with Crippen LogP contribution in [0.2, 0.25) is 0 Å². The van der Waals surface area contributed by atoms with Crippen LogP contribution in [0.25, 0.3) is 0 Å². The molecule has 4 heteroatoms. The maximum atomic E-state index is 12.0. The summed E-state index contributed by atoms with van der Waals surface area (Å²) in [5, 5.41) is 4.46. The van der Waals surface area contributed by atoms with Gasteiger partial charge in [-0.1, -0.05) is 49.1 Å². The van der Waals surface area contributed by atoms with Gasteiger partial charge < -0.3 is 5.32 Å². The molecule has 4 nitrogen and oxygen atoms in total. The Morgan fingerprint density at radius 1 is 1.16 bits per heavy atom. The van der Waals surface area contributed by atoms with Crippen LogP contribution < -0.4 is 5.32 Å². The number of hydrogen-bond donors (Lipinski definition) is 1. The zero-order valence-electron chi connectivity index (χ0n) is 11.3. The summed E-state index contributed by atoms with van der Waals surface area (Å²) in [5.41, 5.74) is 2.20. The molecular weight excluding hydrogens is 240 g/mol. The van der Waals surface area contributed by atoms with Gasteiger partial charge in [-0.25, -0.2) is 9.63 Å². The van der Waals surface area contributed by atoms with Gasteiger partial charge in [-0.05, 0) is 19.8 Å². The summed E-state index contributed by atoms with van der Waals surface area (Å²) >= 11 is 0. The summed E-state index contributed by atoms with van der Waals surface area (Å²) < 4.78 is 0. The maximum Gasteiger partial charge on any atom is 0.344 e. The topological polar surface area (TPSA) is 41.6 Å². The van der Waals surface area contributed by atoms with Crippen molar-refractivity contribution in [3.8, 4) is 0 Å². The molecule has 1 saturated heterocycles. The van der Waals surface area contributed by atoms with Crippen molar-refractivity contribution in [3.63, 3.8) is 0 Å². The molecule has 0 radical (unpaired) electrons. The number of amides is 2. The number of benzene rings is 1. The van der Waals surface area contributed by atoms with Gasteiger partial charge in [0.2, 0.25) is 0 Å². The first-order chi connectivity index (χ1) is 9.24. The molecule has 1 heterocycles. The van der Waals surface area contributed by atoms with Gasteiger partial charge in [0.05, 0.1) is 6.04 Å². The van der Waals surface area contributed by atoms with Gasteiger partial charge in [-0.2, -0.15) is 5.06 Å². The number of aryl methyl sites for hydroxylation is 1. The lowest BCUT2D eigenvalue weighted by Crippen LogP contribution is -2.38. The second-order valence-corrected chi connectivity index (χ2v) is 5.46. The number of hydrogen-bond acceptors (Lipinski definition) is 2. The molecule has 1 saturated carbocycles. The van der Waals surface area contributed by atoms with E-state index in [1.165, 1.54) is 24.8 Å². The van der Waals surface area contributed by atoms with Crippen molar-refractivity contribution >= 4 is 6.03 Å². The van der Waals surface area contributed by atoms with Crippen molar-refractivity contribution in [2.45, 2.75) is 51.3 Å². The molecule has 0 aromatic heterocycles. The minimum absolute atomic E-state index is 0.0996. The molecule has 1 aromatic rings. The van der Waals surface area contributed by atoms with Crippen LogP contribution in [0.5, 0.6) is 0 Å². The summed E-state index contributed by atoms with van der Waals surface area (Å²) in [6, 6.07) is 8.22. The molecule has 2 aliphatic rings. The average Bonchev–Trinajstić information content (AvgIpc) is 2.83. The first kappa shape index (κ1) is 12.5. The Morgan fingerprint density at radius 2 is 1.84 bits per heavy atom. The fourth-order valence-electron chi connectivity index (χ4n) is 2.82. The third-order valence-electron chi connectivity index (χ3n) is 3.96. The highest BCUT2D eigenvalue weighted by molar-refractivity contribution is 5.75. The smallest absolute Gasteiger partial charge is 0.305 e. The molecule has 1 aliphatic carbocycles. The number of nitrogens with one attached hydrogen (secondary N) is 1. The Morgan fingerprint density at radius 3 is 2.53 bits per heavy atom. The van der Waals surface area contributed by atoms with Gasteiger partial charge >= 0.3 is 6.03 Å². The standard InChI is InChI=1S/C15H20N2O2/c1-11-7-9-12(10-8-11)14-16-15(18)17(19-14)13-5-3-2-4-6-13/h7-10,13-14H,2-6H2,1H3,(H,16,18). The van der Waals surface area contributed by atoms with Crippen molar-refractivity contribution < 1.29 is 9.63 Å². The number of rotatable bonds is 2. The van der Waals surface area contributed by atoms with Gasteiger partial charge in [0.25, 0.3) is 0 Å². The zero-order valence-corrected chi connectivity index (χ0v) is 11.3. The van der Waals surface area contributed by atoms with Gasteiger partial charge in [-0.15, -0.1) is 0 Å². The molecule has 1 N–H and O–H groups in total. The third-order valence-corrected chi connectivity index (χ3v) is 3.96. The number of nitrogens with zero attached hydrogens (tertiary/aromatic N) is 1. The number of urea groups is 1. The molecule has 1 aromatic carbocycles. The fraction of sp³-hybridized carbons (Fsp3) is 0.533. The molecule has 2 fully saturated rings. The van der Waals surface area contributed by atoms with Crippen molar-refractivity contribution in [2.75, 3.05) is 0 Å². The summed E-state index contributed by atoms with van der Waals surface area (Å²) in [5.74, 6) is 0. The summed E-state index contributed by atoms with van der Waals surface area (Å²) in [6.45, 7) is 2.05. The molecule has 1 aliphatic heterocycles. The van der Waals surface area contributed by atoms with Crippen LogP contribution >= 0.6 is 0 Å². The predicted octanol–water partition coefficient (Wildman–Crippen LogP) is 3.28. The fourth-order valence-corrected chi connectivity index (χ4v) is 2.82. The lowest BCUT2D eigenvalue weighted by molar-refractivity contribution is -0.156. The quantitative estimate of drug-likeness (QED) is 0.886. The van der Waals surface area contributed by atoms with Crippen LogP contribution in [0.1, 0.15) is 49.5 Å². The molecule has 1 unspecified atom stereocenters. The van der Waals surface area contributed by atoms with Crippen molar-refractivity contribution in [3.05, 3.63) is 35.4 Å². The SMILES string of the molecule is Cc1ccc(C2NC(=O)N(C3CCCCC3)O2)cc1. The van der Waals surface area contributed by atoms with Crippen LogP contribution in [0.3, 0.4) is 0 Å².